The highest BCUT2D eigenvalue weighted by Gasteiger charge is 2.19. The number of hydrogen-bond acceptors (Lipinski definition) is 4. The van der Waals surface area contributed by atoms with E-state index in [0.717, 1.165) is 18.7 Å². The molecule has 0 aliphatic carbocycles. The number of likely N-dealkylation sites (N-methyl/N-ethyl adjacent to an activating group) is 1. The van der Waals surface area contributed by atoms with Gasteiger partial charge in [0.05, 0.1) is 12.2 Å². The Hall–Kier alpha value is -1.36. The summed E-state index contributed by atoms with van der Waals surface area (Å²) >= 11 is 0. The van der Waals surface area contributed by atoms with Gasteiger partial charge in [-0.05, 0) is 25.9 Å². The number of nitrogens with zero attached hydrogens (tertiary/aromatic N) is 2. The van der Waals surface area contributed by atoms with E-state index in [1.54, 1.807) is 6.07 Å². The Kier molecular flexibility index (Phi) is 5.74. The molecule has 0 unspecified atom stereocenters. The van der Waals surface area contributed by atoms with Crippen LogP contribution < -0.4 is 5.32 Å². The van der Waals surface area contributed by atoms with Crippen LogP contribution in [0.3, 0.4) is 0 Å². The molecule has 114 valence electrons. The topological polar surface area (TPSA) is 58.4 Å². The van der Waals surface area contributed by atoms with Crippen molar-refractivity contribution in [2.24, 2.45) is 5.92 Å². The Morgan fingerprint density at radius 2 is 2.10 bits per heavy atom. The summed E-state index contributed by atoms with van der Waals surface area (Å²) in [5, 5.41) is 6.72. The van der Waals surface area contributed by atoms with Crippen LogP contribution >= 0.6 is 0 Å². The average molecular weight is 281 g/mol. The first-order valence-corrected chi connectivity index (χ1v) is 7.14. The van der Waals surface area contributed by atoms with Crippen molar-refractivity contribution in [2.45, 2.75) is 46.5 Å². The fraction of sp³-hybridized carbons (Fsp3) is 0.733. The molecule has 1 aromatic heterocycles. The molecule has 5 heteroatoms. The monoisotopic (exact) mass is 281 g/mol. The van der Waals surface area contributed by atoms with E-state index < -0.39 is 0 Å². The molecule has 0 fully saturated rings. The molecule has 0 aliphatic heterocycles. The van der Waals surface area contributed by atoms with Gasteiger partial charge in [0.1, 0.15) is 0 Å². The van der Waals surface area contributed by atoms with E-state index in [4.69, 9.17) is 4.52 Å². The van der Waals surface area contributed by atoms with Gasteiger partial charge < -0.3 is 4.52 Å². The molecule has 0 saturated heterocycles. The lowest BCUT2D eigenvalue weighted by atomic mass is 9.92. The molecule has 1 N–H and O–H groups in total. The van der Waals surface area contributed by atoms with Crippen LogP contribution in [0, 0.1) is 5.92 Å². The summed E-state index contributed by atoms with van der Waals surface area (Å²) in [7, 11) is 1.95. The summed E-state index contributed by atoms with van der Waals surface area (Å²) in [6.45, 7) is 11.8. The van der Waals surface area contributed by atoms with Gasteiger partial charge in [-0.2, -0.15) is 0 Å². The van der Waals surface area contributed by atoms with Crippen molar-refractivity contribution >= 4 is 11.8 Å². The molecule has 1 rings (SSSR count). The highest BCUT2D eigenvalue weighted by atomic mass is 16.5. The second-order valence-corrected chi connectivity index (χ2v) is 6.79. The number of nitrogens with one attached hydrogen (secondary N) is 1. The van der Waals surface area contributed by atoms with E-state index in [1.165, 1.54) is 0 Å². The van der Waals surface area contributed by atoms with E-state index >= 15 is 0 Å². The number of carbonyl (C=O) groups is 1. The number of aromatic nitrogens is 1. The lowest BCUT2D eigenvalue weighted by Crippen LogP contribution is -2.31. The van der Waals surface area contributed by atoms with E-state index in [9.17, 15) is 4.79 Å². The molecule has 1 heterocycles. The number of rotatable bonds is 6. The third-order valence-electron chi connectivity index (χ3n) is 3.04. The lowest BCUT2D eigenvalue weighted by Gasteiger charge is -2.16. The summed E-state index contributed by atoms with van der Waals surface area (Å²) in [6, 6.07) is 1.78. The van der Waals surface area contributed by atoms with Crippen LogP contribution in [-0.4, -0.2) is 36.1 Å². The first-order valence-electron chi connectivity index (χ1n) is 7.14. The van der Waals surface area contributed by atoms with Crippen LogP contribution in [0.1, 0.15) is 46.7 Å². The molecule has 0 bridgehead atoms. The van der Waals surface area contributed by atoms with E-state index in [0.29, 0.717) is 18.3 Å². The highest BCUT2D eigenvalue weighted by Crippen LogP contribution is 2.23. The Morgan fingerprint density at radius 3 is 2.60 bits per heavy atom. The van der Waals surface area contributed by atoms with Crippen LogP contribution in [0.5, 0.6) is 0 Å². The summed E-state index contributed by atoms with van der Waals surface area (Å²) in [6.07, 6.45) is 1.08. The van der Waals surface area contributed by atoms with Gasteiger partial charge >= 0.3 is 0 Å². The molecule has 0 spiro atoms. The van der Waals surface area contributed by atoms with Gasteiger partial charge in [0.25, 0.3) is 0 Å². The van der Waals surface area contributed by atoms with Gasteiger partial charge in [-0.15, -0.1) is 0 Å². The van der Waals surface area contributed by atoms with Gasteiger partial charge in [0.2, 0.25) is 11.8 Å². The molecule has 5 nitrogen and oxygen atoms in total. The number of anilines is 1. The predicted molar refractivity (Wildman–Crippen MR) is 80.8 cm³/mol. The second kappa shape index (κ2) is 6.88. The Morgan fingerprint density at radius 1 is 1.45 bits per heavy atom. The summed E-state index contributed by atoms with van der Waals surface area (Å²) in [5.74, 6) is 0.981. The fourth-order valence-corrected chi connectivity index (χ4v) is 1.67. The minimum absolute atomic E-state index is 0.0761. The highest BCUT2D eigenvalue weighted by molar-refractivity contribution is 5.90. The van der Waals surface area contributed by atoms with E-state index in [1.807, 2.05) is 11.9 Å². The molecule has 1 amide bonds. The fourth-order valence-electron chi connectivity index (χ4n) is 1.67. The van der Waals surface area contributed by atoms with Crippen molar-refractivity contribution in [3.63, 3.8) is 0 Å². The molecule has 0 saturated carbocycles. The molecule has 0 atom stereocenters. The minimum atomic E-state index is -0.0828. The number of hydrogen-bond donors (Lipinski definition) is 1. The zero-order valence-electron chi connectivity index (χ0n) is 13.5. The van der Waals surface area contributed by atoms with Crippen LogP contribution in [0.15, 0.2) is 10.6 Å². The molecule has 0 aliphatic rings. The van der Waals surface area contributed by atoms with Crippen molar-refractivity contribution in [3.8, 4) is 0 Å². The first-order chi connectivity index (χ1) is 9.18. The Balaban J connectivity index is 2.44. The molecule has 20 heavy (non-hydrogen) atoms. The van der Waals surface area contributed by atoms with E-state index in [-0.39, 0.29) is 11.3 Å². The van der Waals surface area contributed by atoms with Crippen molar-refractivity contribution < 1.29 is 9.32 Å². The van der Waals surface area contributed by atoms with Crippen LogP contribution in [-0.2, 0) is 10.2 Å². The van der Waals surface area contributed by atoms with Gasteiger partial charge in [0, 0.05) is 11.5 Å². The molecule has 0 radical (unpaired) electrons. The maximum atomic E-state index is 11.9. The van der Waals surface area contributed by atoms with E-state index in [2.05, 4.69) is 45.1 Å². The summed E-state index contributed by atoms with van der Waals surface area (Å²) in [5.41, 5.74) is 0.751. The minimum Gasteiger partial charge on any atom is -0.338 e. The van der Waals surface area contributed by atoms with Crippen molar-refractivity contribution in [3.05, 3.63) is 11.8 Å². The standard InChI is InChI=1S/C15H27N3O2/c1-11(2)7-8-18(6)10-13(19)16-14-9-12(17-20-14)15(3,4)5/h9,11H,7-8,10H2,1-6H3,(H,16,19). The summed E-state index contributed by atoms with van der Waals surface area (Å²) < 4.78 is 5.14. The van der Waals surface area contributed by atoms with Gasteiger partial charge in [-0.1, -0.05) is 39.8 Å². The van der Waals surface area contributed by atoms with Gasteiger partial charge in [-0.25, -0.2) is 0 Å². The maximum absolute atomic E-state index is 11.9. The lowest BCUT2D eigenvalue weighted by molar-refractivity contribution is -0.117. The normalized spacial score (nSPS) is 12.2. The van der Waals surface area contributed by atoms with Crippen molar-refractivity contribution in [1.82, 2.24) is 10.1 Å². The first kappa shape index (κ1) is 16.7. The van der Waals surface area contributed by atoms with Gasteiger partial charge in [-0.3, -0.25) is 15.0 Å². The third kappa shape index (κ3) is 5.74. The zero-order valence-corrected chi connectivity index (χ0v) is 13.5. The Labute approximate surface area is 121 Å². The molecular formula is C15H27N3O2. The smallest absolute Gasteiger partial charge is 0.240 e. The largest absolute Gasteiger partial charge is 0.338 e. The average Bonchev–Trinajstić information content (AvgIpc) is 2.74. The second-order valence-electron chi connectivity index (χ2n) is 6.79. The molecule has 1 aromatic rings. The Bertz CT molecular complexity index is 433. The quantitative estimate of drug-likeness (QED) is 0.871. The SMILES string of the molecule is CC(C)CCN(C)CC(=O)Nc1cc(C(C)(C)C)no1. The maximum Gasteiger partial charge on any atom is 0.240 e. The van der Waals surface area contributed by atoms with Gasteiger partial charge in [0.15, 0.2) is 0 Å². The third-order valence-corrected chi connectivity index (χ3v) is 3.04. The number of carbonyl (C=O) groups excluding carboxylic acids is 1. The zero-order chi connectivity index (χ0) is 15.3. The molecule has 0 aromatic carbocycles. The summed E-state index contributed by atoms with van der Waals surface area (Å²) in [4.78, 5) is 13.9. The van der Waals surface area contributed by atoms with Crippen LogP contribution in [0.25, 0.3) is 0 Å². The molecular weight excluding hydrogens is 254 g/mol. The predicted octanol–water partition coefficient (Wildman–Crippen LogP) is 2.89. The van der Waals surface area contributed by atoms with Crippen molar-refractivity contribution in [2.75, 3.05) is 25.5 Å². The number of amides is 1. The van der Waals surface area contributed by atoms with Crippen LogP contribution in [0.4, 0.5) is 5.88 Å². The van der Waals surface area contributed by atoms with Crippen LogP contribution in [0.2, 0.25) is 0 Å². The van der Waals surface area contributed by atoms with Crippen molar-refractivity contribution in [1.29, 1.82) is 0 Å².